The molecule has 0 saturated heterocycles. The zero-order valence-electron chi connectivity index (χ0n) is 12.0. The third kappa shape index (κ3) is 4.44. The van der Waals surface area contributed by atoms with Crippen LogP contribution in [0.1, 0.15) is 43.4 Å². The van der Waals surface area contributed by atoms with Crippen LogP contribution in [0.25, 0.3) is 0 Å². The van der Waals surface area contributed by atoms with E-state index in [1.807, 2.05) is 26.8 Å². The maximum absolute atomic E-state index is 10.1. The Morgan fingerprint density at radius 1 is 1.50 bits per heavy atom. The zero-order valence-corrected chi connectivity index (χ0v) is 12.0. The van der Waals surface area contributed by atoms with Gasteiger partial charge < -0.3 is 19.6 Å². The summed E-state index contributed by atoms with van der Waals surface area (Å²) in [6, 6.07) is 2.20. The van der Waals surface area contributed by atoms with E-state index in [9.17, 15) is 5.11 Å². The minimum Gasteiger partial charge on any atom is -0.466 e. The van der Waals surface area contributed by atoms with Gasteiger partial charge in [0.1, 0.15) is 11.5 Å². The Labute approximate surface area is 109 Å². The summed E-state index contributed by atoms with van der Waals surface area (Å²) in [5.41, 5.74) is 0.395. The van der Waals surface area contributed by atoms with Crippen molar-refractivity contribution >= 4 is 0 Å². The molecule has 2 atom stereocenters. The van der Waals surface area contributed by atoms with Gasteiger partial charge in [0.2, 0.25) is 0 Å². The first-order chi connectivity index (χ1) is 8.35. The highest BCUT2D eigenvalue weighted by atomic mass is 16.5. The van der Waals surface area contributed by atoms with Crippen molar-refractivity contribution in [2.24, 2.45) is 0 Å². The van der Waals surface area contributed by atoms with E-state index in [1.165, 1.54) is 0 Å². The fourth-order valence-corrected chi connectivity index (χ4v) is 1.97. The van der Waals surface area contributed by atoms with Gasteiger partial charge in [-0.3, -0.25) is 0 Å². The third-order valence-electron chi connectivity index (χ3n) is 3.18. The molecule has 1 heterocycles. The highest BCUT2D eigenvalue weighted by molar-refractivity contribution is 5.23. The molecule has 0 aromatic carbocycles. The molecule has 1 rings (SSSR count). The molecule has 0 spiro atoms. The van der Waals surface area contributed by atoms with Crippen LogP contribution in [0.3, 0.4) is 0 Å². The number of furan rings is 1. The van der Waals surface area contributed by atoms with Crippen LogP contribution in [0.2, 0.25) is 0 Å². The molecule has 2 N–H and O–H groups in total. The monoisotopic (exact) mass is 255 g/mol. The zero-order chi connectivity index (χ0) is 13.8. The van der Waals surface area contributed by atoms with Gasteiger partial charge in [-0.15, -0.1) is 0 Å². The Kier molecular flexibility index (Phi) is 5.38. The fourth-order valence-electron chi connectivity index (χ4n) is 1.97. The topological polar surface area (TPSA) is 54.6 Å². The molecule has 18 heavy (non-hydrogen) atoms. The number of ether oxygens (including phenoxy) is 1. The lowest BCUT2D eigenvalue weighted by atomic mass is 10.0. The van der Waals surface area contributed by atoms with Crippen LogP contribution in [0.15, 0.2) is 10.5 Å². The van der Waals surface area contributed by atoms with Gasteiger partial charge in [0.05, 0.1) is 5.60 Å². The Morgan fingerprint density at radius 3 is 2.67 bits per heavy atom. The highest BCUT2D eigenvalue weighted by Crippen LogP contribution is 2.21. The number of methoxy groups -OCH3 is 1. The minimum atomic E-state index is -0.753. The molecule has 0 saturated carbocycles. The van der Waals surface area contributed by atoms with Gasteiger partial charge >= 0.3 is 0 Å². The van der Waals surface area contributed by atoms with E-state index >= 15 is 0 Å². The molecule has 1 aromatic heterocycles. The van der Waals surface area contributed by atoms with Crippen LogP contribution < -0.4 is 5.32 Å². The van der Waals surface area contributed by atoms with E-state index < -0.39 is 5.60 Å². The average molecular weight is 255 g/mol. The third-order valence-corrected chi connectivity index (χ3v) is 3.18. The molecular weight excluding hydrogens is 230 g/mol. The maximum Gasteiger partial charge on any atom is 0.105 e. The predicted molar refractivity (Wildman–Crippen MR) is 71.7 cm³/mol. The van der Waals surface area contributed by atoms with E-state index in [2.05, 4.69) is 12.2 Å². The highest BCUT2D eigenvalue weighted by Gasteiger charge is 2.21. The molecule has 0 fully saturated rings. The molecule has 0 amide bonds. The number of hydrogen-bond donors (Lipinski definition) is 2. The van der Waals surface area contributed by atoms with Crippen LogP contribution in [0.4, 0.5) is 0 Å². The van der Waals surface area contributed by atoms with Gasteiger partial charge in [0.25, 0.3) is 0 Å². The largest absolute Gasteiger partial charge is 0.466 e. The van der Waals surface area contributed by atoms with Crippen LogP contribution >= 0.6 is 0 Å². The van der Waals surface area contributed by atoms with E-state index in [-0.39, 0.29) is 6.04 Å². The molecule has 0 aliphatic carbocycles. The Hall–Kier alpha value is -0.840. The molecular formula is C14H25NO3. The van der Waals surface area contributed by atoms with Gasteiger partial charge in [-0.1, -0.05) is 0 Å². The lowest BCUT2D eigenvalue weighted by Gasteiger charge is -2.25. The van der Waals surface area contributed by atoms with Gasteiger partial charge in [-0.05, 0) is 33.8 Å². The van der Waals surface area contributed by atoms with Crippen LogP contribution in [-0.4, -0.2) is 31.0 Å². The smallest absolute Gasteiger partial charge is 0.105 e. The quantitative estimate of drug-likeness (QED) is 0.785. The molecule has 1 aromatic rings. The summed E-state index contributed by atoms with van der Waals surface area (Å²) in [5.74, 6) is 1.85. The van der Waals surface area contributed by atoms with Crippen LogP contribution in [0, 0.1) is 13.8 Å². The summed E-state index contributed by atoms with van der Waals surface area (Å²) in [4.78, 5) is 0. The van der Waals surface area contributed by atoms with Gasteiger partial charge in [0, 0.05) is 38.3 Å². The van der Waals surface area contributed by atoms with Gasteiger partial charge in [0.15, 0.2) is 0 Å². The molecule has 0 radical (unpaired) electrons. The molecule has 2 unspecified atom stereocenters. The molecule has 0 aliphatic heterocycles. The second-order valence-electron chi connectivity index (χ2n) is 5.21. The van der Waals surface area contributed by atoms with Crippen molar-refractivity contribution in [1.29, 1.82) is 0 Å². The van der Waals surface area contributed by atoms with E-state index in [4.69, 9.17) is 9.15 Å². The lowest BCUT2D eigenvalue weighted by molar-refractivity contribution is 0.0231. The van der Waals surface area contributed by atoms with E-state index in [0.717, 1.165) is 17.1 Å². The second-order valence-corrected chi connectivity index (χ2v) is 5.21. The Balaban J connectivity index is 2.50. The molecule has 104 valence electrons. The predicted octanol–water partition coefficient (Wildman–Crippen LogP) is 2.33. The molecule has 4 nitrogen and oxygen atoms in total. The number of nitrogens with one attached hydrogen (secondary N) is 1. The molecule has 0 aliphatic rings. The Bertz CT molecular complexity index is 371. The minimum absolute atomic E-state index is 0.163. The average Bonchev–Trinajstić information content (AvgIpc) is 2.63. The first kappa shape index (κ1) is 15.2. The van der Waals surface area contributed by atoms with Gasteiger partial charge in [-0.25, -0.2) is 0 Å². The summed E-state index contributed by atoms with van der Waals surface area (Å²) in [5, 5.41) is 13.5. The first-order valence-electron chi connectivity index (χ1n) is 6.37. The summed E-state index contributed by atoms with van der Waals surface area (Å²) in [6.07, 6.45) is 0.618. The van der Waals surface area contributed by atoms with E-state index in [1.54, 1.807) is 7.11 Å². The number of aryl methyl sites for hydroxylation is 2. The second kappa shape index (κ2) is 6.36. The summed E-state index contributed by atoms with van der Waals surface area (Å²) < 4.78 is 10.5. The van der Waals surface area contributed by atoms with Crippen molar-refractivity contribution in [1.82, 2.24) is 5.32 Å². The van der Waals surface area contributed by atoms with Crippen molar-refractivity contribution in [3.05, 3.63) is 23.2 Å². The summed E-state index contributed by atoms with van der Waals surface area (Å²) in [6.45, 7) is 8.89. The first-order valence-corrected chi connectivity index (χ1v) is 6.37. The summed E-state index contributed by atoms with van der Waals surface area (Å²) >= 11 is 0. The van der Waals surface area contributed by atoms with Crippen molar-refractivity contribution < 1.29 is 14.3 Å². The molecule has 0 bridgehead atoms. The van der Waals surface area contributed by atoms with Crippen molar-refractivity contribution in [3.63, 3.8) is 0 Å². The van der Waals surface area contributed by atoms with Crippen LogP contribution in [-0.2, 0) is 4.74 Å². The van der Waals surface area contributed by atoms with E-state index in [0.29, 0.717) is 19.6 Å². The normalized spacial score (nSPS) is 16.6. The SMILES string of the molecule is COCCC(C)(O)CNC(C)c1cc(C)oc1C. The number of rotatable bonds is 7. The number of aliphatic hydroxyl groups is 1. The standard InChI is InChI=1S/C14H25NO3/c1-10-8-13(12(3)18-10)11(2)15-9-14(4,16)6-7-17-5/h8,11,15-16H,6-7,9H2,1-5H3. The maximum atomic E-state index is 10.1. The lowest BCUT2D eigenvalue weighted by Crippen LogP contribution is -2.39. The molecule has 4 heteroatoms. The Morgan fingerprint density at radius 2 is 2.17 bits per heavy atom. The fraction of sp³-hybridized carbons (Fsp3) is 0.714. The van der Waals surface area contributed by atoms with Crippen LogP contribution in [0.5, 0.6) is 0 Å². The summed E-state index contributed by atoms with van der Waals surface area (Å²) in [7, 11) is 1.64. The van der Waals surface area contributed by atoms with Gasteiger partial charge in [-0.2, -0.15) is 0 Å². The number of hydrogen-bond acceptors (Lipinski definition) is 4. The van der Waals surface area contributed by atoms with Crippen molar-refractivity contribution in [2.45, 2.75) is 45.8 Å². The van der Waals surface area contributed by atoms with Crippen molar-refractivity contribution in [3.8, 4) is 0 Å². The van der Waals surface area contributed by atoms with Crippen molar-refractivity contribution in [2.75, 3.05) is 20.3 Å².